The summed E-state index contributed by atoms with van der Waals surface area (Å²) in [5.41, 5.74) is 4.13. The van der Waals surface area contributed by atoms with Crippen molar-refractivity contribution in [2.75, 3.05) is 0 Å². The molecule has 0 saturated carbocycles. The van der Waals surface area contributed by atoms with Crippen molar-refractivity contribution in [2.45, 2.75) is 6.92 Å². The molecular weight excluding hydrogens is 324 g/mol. The lowest BCUT2D eigenvalue weighted by molar-refractivity contribution is -0.116. The van der Waals surface area contributed by atoms with Crippen LogP contribution in [0.3, 0.4) is 0 Å². The maximum absolute atomic E-state index is 12.4. The molecule has 7 heteroatoms. The largest absolute Gasteiger partial charge is 0.325 e. The minimum absolute atomic E-state index is 0.0363. The molecule has 2 amide bonds. The summed E-state index contributed by atoms with van der Waals surface area (Å²) in [6.45, 7) is 1.91. The van der Waals surface area contributed by atoms with E-state index in [0.717, 1.165) is 28.5 Å². The number of aliphatic imine (C=N–C) groups is 1. The molecule has 0 radical (unpaired) electrons. The Morgan fingerprint density at radius 1 is 1.25 bits per heavy atom. The van der Waals surface area contributed by atoms with Gasteiger partial charge in [-0.25, -0.2) is 4.99 Å². The SMILES string of the molecule is CC1=CC(=O)NC2=CC(=NC(=O)c3ccc4nsnc4c3)C=CC12. The van der Waals surface area contributed by atoms with E-state index in [1.807, 2.05) is 13.0 Å². The number of rotatable bonds is 1. The van der Waals surface area contributed by atoms with Gasteiger partial charge in [-0.05, 0) is 37.3 Å². The lowest BCUT2D eigenvalue weighted by Crippen LogP contribution is -2.32. The van der Waals surface area contributed by atoms with Gasteiger partial charge in [-0.1, -0.05) is 11.6 Å². The number of nitrogens with one attached hydrogen (secondary N) is 1. The summed E-state index contributed by atoms with van der Waals surface area (Å²) in [7, 11) is 0. The van der Waals surface area contributed by atoms with E-state index in [9.17, 15) is 9.59 Å². The molecule has 1 unspecified atom stereocenters. The maximum Gasteiger partial charge on any atom is 0.277 e. The van der Waals surface area contributed by atoms with Gasteiger partial charge in [-0.2, -0.15) is 8.75 Å². The monoisotopic (exact) mass is 336 g/mol. The zero-order chi connectivity index (χ0) is 16.7. The molecule has 0 saturated heterocycles. The van der Waals surface area contributed by atoms with Crippen LogP contribution in [0.25, 0.3) is 11.0 Å². The van der Waals surface area contributed by atoms with Gasteiger partial charge in [-0.15, -0.1) is 0 Å². The van der Waals surface area contributed by atoms with Crippen molar-refractivity contribution in [2.24, 2.45) is 10.9 Å². The molecule has 1 N–H and O–H groups in total. The Morgan fingerprint density at radius 2 is 2.08 bits per heavy atom. The van der Waals surface area contributed by atoms with Gasteiger partial charge in [0.15, 0.2) is 0 Å². The van der Waals surface area contributed by atoms with E-state index in [-0.39, 0.29) is 17.7 Å². The van der Waals surface area contributed by atoms with Crippen LogP contribution in [0.1, 0.15) is 17.3 Å². The van der Waals surface area contributed by atoms with Gasteiger partial charge in [0, 0.05) is 23.3 Å². The number of carbonyl (C=O) groups excluding carboxylic acids is 2. The third-order valence-corrected chi connectivity index (χ3v) is 4.50. The molecule has 1 atom stereocenters. The molecule has 0 fully saturated rings. The first-order valence-electron chi connectivity index (χ1n) is 7.34. The van der Waals surface area contributed by atoms with Crippen LogP contribution >= 0.6 is 11.7 Å². The number of fused-ring (bicyclic) bond motifs is 2. The van der Waals surface area contributed by atoms with E-state index in [1.165, 1.54) is 0 Å². The fourth-order valence-electron chi connectivity index (χ4n) is 2.75. The van der Waals surface area contributed by atoms with Crippen LogP contribution in [-0.2, 0) is 4.79 Å². The van der Waals surface area contributed by atoms with Crippen molar-refractivity contribution >= 4 is 40.3 Å². The molecular formula is C17H12N4O2S. The van der Waals surface area contributed by atoms with E-state index in [4.69, 9.17) is 0 Å². The standard InChI is InChI=1S/C17H12N4O2S/c1-9-6-16(22)19-14-8-11(3-4-12(9)14)18-17(23)10-2-5-13-15(7-10)21-24-20-13/h2-8,12H,1H3,(H,19,22). The van der Waals surface area contributed by atoms with Crippen LogP contribution in [-0.4, -0.2) is 26.3 Å². The zero-order valence-electron chi connectivity index (χ0n) is 12.7. The molecule has 2 heterocycles. The Morgan fingerprint density at radius 3 is 2.96 bits per heavy atom. The number of benzene rings is 1. The first-order chi connectivity index (χ1) is 11.6. The average molecular weight is 336 g/mol. The number of aromatic nitrogens is 2. The summed E-state index contributed by atoms with van der Waals surface area (Å²) in [4.78, 5) is 28.1. The molecule has 2 aliphatic rings. The van der Waals surface area contributed by atoms with Crippen LogP contribution in [0.4, 0.5) is 0 Å². The highest BCUT2D eigenvalue weighted by atomic mass is 32.1. The van der Waals surface area contributed by atoms with Crippen LogP contribution < -0.4 is 5.32 Å². The molecule has 2 aromatic rings. The quantitative estimate of drug-likeness (QED) is 0.867. The normalized spacial score (nSPS) is 21.3. The summed E-state index contributed by atoms with van der Waals surface area (Å²) >= 11 is 1.11. The summed E-state index contributed by atoms with van der Waals surface area (Å²) < 4.78 is 8.24. The third-order valence-electron chi connectivity index (χ3n) is 3.95. The second-order valence-corrected chi connectivity index (χ2v) is 6.15. The Labute approximate surface area is 141 Å². The lowest BCUT2D eigenvalue weighted by atomic mass is 9.89. The maximum atomic E-state index is 12.4. The number of nitrogens with zero attached hydrogens (tertiary/aromatic N) is 3. The predicted octanol–water partition coefficient (Wildman–Crippen LogP) is 2.42. The van der Waals surface area contributed by atoms with Gasteiger partial charge in [-0.3, -0.25) is 9.59 Å². The van der Waals surface area contributed by atoms with E-state index in [0.29, 0.717) is 16.8 Å². The van der Waals surface area contributed by atoms with Crippen molar-refractivity contribution in [3.63, 3.8) is 0 Å². The van der Waals surface area contributed by atoms with Crippen LogP contribution in [0.2, 0.25) is 0 Å². The van der Waals surface area contributed by atoms with Gasteiger partial charge in [0.1, 0.15) is 11.0 Å². The van der Waals surface area contributed by atoms with E-state index < -0.39 is 0 Å². The molecule has 0 spiro atoms. The van der Waals surface area contributed by atoms with Crippen molar-refractivity contribution < 1.29 is 9.59 Å². The van der Waals surface area contributed by atoms with Crippen LogP contribution in [0.5, 0.6) is 0 Å². The third kappa shape index (κ3) is 2.59. The highest BCUT2D eigenvalue weighted by Crippen LogP contribution is 2.26. The fourth-order valence-corrected chi connectivity index (χ4v) is 3.27. The first kappa shape index (κ1) is 14.6. The van der Waals surface area contributed by atoms with Gasteiger partial charge >= 0.3 is 0 Å². The molecule has 118 valence electrons. The van der Waals surface area contributed by atoms with E-state index in [2.05, 4.69) is 19.1 Å². The second kappa shape index (κ2) is 5.61. The number of allylic oxidation sites excluding steroid dienone is 3. The zero-order valence-corrected chi connectivity index (χ0v) is 13.5. The topological polar surface area (TPSA) is 84.3 Å². The summed E-state index contributed by atoms with van der Waals surface area (Å²) in [6, 6.07) is 5.13. The highest BCUT2D eigenvalue weighted by Gasteiger charge is 2.24. The van der Waals surface area contributed by atoms with Gasteiger partial charge in [0.05, 0.1) is 17.4 Å². The summed E-state index contributed by atoms with van der Waals surface area (Å²) in [5.74, 6) is -0.471. The minimum atomic E-state index is -0.353. The van der Waals surface area contributed by atoms with Gasteiger partial charge in [0.25, 0.3) is 5.91 Å². The number of carbonyl (C=O) groups is 2. The molecule has 1 aliphatic carbocycles. The van der Waals surface area contributed by atoms with Crippen molar-refractivity contribution in [1.29, 1.82) is 0 Å². The van der Waals surface area contributed by atoms with Crippen molar-refractivity contribution in [1.82, 2.24) is 14.1 Å². The van der Waals surface area contributed by atoms with Gasteiger partial charge < -0.3 is 5.32 Å². The smallest absolute Gasteiger partial charge is 0.277 e. The van der Waals surface area contributed by atoms with Crippen LogP contribution in [0, 0.1) is 5.92 Å². The number of amides is 2. The lowest BCUT2D eigenvalue weighted by Gasteiger charge is -2.25. The van der Waals surface area contributed by atoms with E-state index >= 15 is 0 Å². The molecule has 1 aromatic heterocycles. The van der Waals surface area contributed by atoms with E-state index in [1.54, 1.807) is 36.4 Å². The molecule has 0 bridgehead atoms. The molecule has 1 aromatic carbocycles. The average Bonchev–Trinajstić information content (AvgIpc) is 3.01. The Bertz CT molecular complexity index is 997. The van der Waals surface area contributed by atoms with Crippen LogP contribution in [0.15, 0.2) is 58.8 Å². The summed E-state index contributed by atoms with van der Waals surface area (Å²) in [6.07, 6.45) is 7.04. The van der Waals surface area contributed by atoms with Crippen molar-refractivity contribution in [3.8, 4) is 0 Å². The minimum Gasteiger partial charge on any atom is -0.325 e. The fraction of sp³-hybridized carbons (Fsp3) is 0.118. The number of hydrogen-bond donors (Lipinski definition) is 1. The van der Waals surface area contributed by atoms with Gasteiger partial charge in [0.2, 0.25) is 5.91 Å². The first-order valence-corrected chi connectivity index (χ1v) is 8.07. The molecule has 4 rings (SSSR count). The van der Waals surface area contributed by atoms with Crippen molar-refractivity contribution in [3.05, 3.63) is 59.3 Å². The molecule has 24 heavy (non-hydrogen) atoms. The number of hydrogen-bond acceptors (Lipinski definition) is 5. The highest BCUT2D eigenvalue weighted by molar-refractivity contribution is 7.00. The second-order valence-electron chi connectivity index (χ2n) is 5.62. The molecule has 6 nitrogen and oxygen atoms in total. The predicted molar refractivity (Wildman–Crippen MR) is 91.8 cm³/mol. The Hall–Kier alpha value is -2.93. The molecule has 1 aliphatic heterocycles. The Kier molecular flexibility index (Phi) is 3.42. The Balaban J connectivity index is 1.64. The summed E-state index contributed by atoms with van der Waals surface area (Å²) in [5, 5.41) is 2.80.